The molecule has 0 atom stereocenters. The Kier molecular flexibility index (Phi) is 8.98. The first-order valence-corrected chi connectivity index (χ1v) is 18.6. The van der Waals surface area contributed by atoms with E-state index in [1.165, 1.54) is 60.7 Å². The van der Waals surface area contributed by atoms with E-state index >= 15 is 17.6 Å². The Labute approximate surface area is 342 Å². The van der Waals surface area contributed by atoms with Gasteiger partial charge in [0.25, 0.3) is 0 Å². The molecule has 2 heterocycles. The van der Waals surface area contributed by atoms with Crippen molar-refractivity contribution in [2.24, 2.45) is 0 Å². The van der Waals surface area contributed by atoms with E-state index in [4.69, 9.17) is 8.83 Å². The van der Waals surface area contributed by atoms with Crippen LogP contribution in [0.5, 0.6) is 0 Å². The lowest BCUT2D eigenvalue weighted by Crippen LogP contribution is -2.17. The second-order valence-corrected chi connectivity index (χ2v) is 14.1. The molecule has 14 heteroatoms. The third-order valence-corrected chi connectivity index (χ3v) is 10.7. The number of furan rings is 2. The Bertz CT molecular complexity index is 3150. The molecule has 0 N–H and O–H groups in total. The highest BCUT2D eigenvalue weighted by Crippen LogP contribution is 2.47. The second kappa shape index (κ2) is 14.5. The van der Waals surface area contributed by atoms with Gasteiger partial charge in [-0.05, 0) is 59.7 Å². The van der Waals surface area contributed by atoms with Crippen molar-refractivity contribution in [3.63, 3.8) is 0 Å². The van der Waals surface area contributed by atoms with E-state index in [2.05, 4.69) is 0 Å². The molecule has 0 bridgehead atoms. The molecule has 10 rings (SSSR count). The van der Waals surface area contributed by atoms with Crippen LogP contribution in [0.15, 0.2) is 142 Å². The first-order valence-electron chi connectivity index (χ1n) is 18.6. The number of fused-ring (bicyclic) bond motifs is 6. The van der Waals surface area contributed by atoms with Crippen LogP contribution in [0.3, 0.4) is 0 Å². The molecular weight excluding hydrogens is 827 g/mol. The van der Waals surface area contributed by atoms with Crippen molar-refractivity contribution in [2.45, 2.75) is 0 Å². The standard InChI is InChI=1S/C48H22F10N2O2/c49-35-37(51)41(55)45(42(56)38(35)52)59(31-11-5-9-29-27-7-1-3-13-33(27)61-47(29)31)25-19-15-23(16-20-25)24-17-21-26(22-18-24)60(46-43(57)39(53)36(50)40(54)44(46)58)32-12-6-10-30-28-8-2-4-14-34(28)62-48(30)32/h1-22H. The molecule has 8 aromatic carbocycles. The van der Waals surface area contributed by atoms with Gasteiger partial charge in [-0.3, -0.25) is 0 Å². The van der Waals surface area contributed by atoms with Gasteiger partial charge in [0.1, 0.15) is 22.5 Å². The molecular formula is C48H22F10N2O2. The van der Waals surface area contributed by atoms with E-state index in [1.807, 2.05) is 0 Å². The number of benzene rings is 8. The highest BCUT2D eigenvalue weighted by atomic mass is 19.2. The average Bonchev–Trinajstić information content (AvgIpc) is 3.89. The van der Waals surface area contributed by atoms with Crippen molar-refractivity contribution in [3.8, 4) is 11.1 Å². The fourth-order valence-corrected chi connectivity index (χ4v) is 7.78. The third-order valence-electron chi connectivity index (χ3n) is 10.7. The van der Waals surface area contributed by atoms with Crippen LogP contribution in [0.1, 0.15) is 0 Å². The largest absolute Gasteiger partial charge is 0.454 e. The Hall–Kier alpha value is -7.74. The van der Waals surface area contributed by atoms with Crippen LogP contribution < -0.4 is 9.80 Å². The molecule has 0 saturated carbocycles. The van der Waals surface area contributed by atoms with Crippen molar-refractivity contribution in [3.05, 3.63) is 192 Å². The van der Waals surface area contributed by atoms with Gasteiger partial charge >= 0.3 is 0 Å². The van der Waals surface area contributed by atoms with Crippen molar-refractivity contribution >= 4 is 78.0 Å². The Morgan fingerprint density at radius 3 is 0.952 bits per heavy atom. The van der Waals surface area contributed by atoms with E-state index in [9.17, 15) is 26.3 Å². The first-order chi connectivity index (χ1) is 29.9. The maximum atomic E-state index is 15.7. The Morgan fingerprint density at radius 2 is 0.597 bits per heavy atom. The number of hydrogen-bond donors (Lipinski definition) is 0. The van der Waals surface area contributed by atoms with Crippen molar-refractivity contribution in [2.75, 3.05) is 9.80 Å². The molecule has 4 nitrogen and oxygen atoms in total. The average molecular weight is 849 g/mol. The van der Waals surface area contributed by atoms with Crippen LogP contribution in [0.4, 0.5) is 78.0 Å². The summed E-state index contributed by atoms with van der Waals surface area (Å²) < 4.78 is 163. The number of para-hydroxylation sites is 4. The summed E-state index contributed by atoms with van der Waals surface area (Å²) in [5.74, 6) is -21.7. The first kappa shape index (κ1) is 38.5. The fourth-order valence-electron chi connectivity index (χ4n) is 7.78. The summed E-state index contributed by atoms with van der Waals surface area (Å²) in [5, 5.41) is 2.27. The number of rotatable bonds is 7. The molecule has 0 aliphatic rings. The smallest absolute Gasteiger partial charge is 0.200 e. The molecule has 0 aliphatic carbocycles. The predicted molar refractivity (Wildman–Crippen MR) is 215 cm³/mol. The number of hydrogen-bond acceptors (Lipinski definition) is 4. The summed E-state index contributed by atoms with van der Waals surface area (Å²) in [6.07, 6.45) is 0. The highest BCUT2D eigenvalue weighted by molar-refractivity contribution is 6.11. The zero-order valence-corrected chi connectivity index (χ0v) is 31.2. The molecule has 0 spiro atoms. The lowest BCUT2D eigenvalue weighted by Gasteiger charge is -2.27. The van der Waals surface area contributed by atoms with E-state index in [-0.39, 0.29) is 33.9 Å². The minimum Gasteiger partial charge on any atom is -0.454 e. The lowest BCUT2D eigenvalue weighted by atomic mass is 10.0. The fraction of sp³-hybridized carbons (Fsp3) is 0. The van der Waals surface area contributed by atoms with E-state index in [0.717, 1.165) is 9.80 Å². The van der Waals surface area contributed by atoms with Gasteiger partial charge in [-0.1, -0.05) is 84.9 Å². The normalized spacial score (nSPS) is 11.7. The SMILES string of the molecule is Fc1c(F)c(F)c(N(c2ccc(-c3ccc(N(c4c(F)c(F)c(F)c(F)c4F)c4cccc5c4oc4ccccc45)cc3)cc2)c2cccc3c2oc2ccccc23)c(F)c1F. The minimum absolute atomic E-state index is 0.0436. The summed E-state index contributed by atoms with van der Waals surface area (Å²) in [5.41, 5.74) is -0.864. The predicted octanol–water partition coefficient (Wildman–Crippen LogP) is 15.5. The molecule has 2 aromatic heterocycles. The Balaban J connectivity index is 1.10. The summed E-state index contributed by atoms with van der Waals surface area (Å²) in [4.78, 5) is 1.71. The second-order valence-electron chi connectivity index (χ2n) is 14.1. The summed E-state index contributed by atoms with van der Waals surface area (Å²) in [6, 6.07) is 34.3. The van der Waals surface area contributed by atoms with Crippen molar-refractivity contribution in [1.82, 2.24) is 0 Å². The summed E-state index contributed by atoms with van der Waals surface area (Å²) >= 11 is 0. The number of nitrogens with zero attached hydrogens (tertiary/aromatic N) is 2. The van der Waals surface area contributed by atoms with Crippen LogP contribution in [-0.4, -0.2) is 0 Å². The number of anilines is 6. The Morgan fingerprint density at radius 1 is 0.290 bits per heavy atom. The van der Waals surface area contributed by atoms with Gasteiger partial charge in [-0.2, -0.15) is 0 Å². The summed E-state index contributed by atoms with van der Waals surface area (Å²) in [6.45, 7) is 0. The van der Waals surface area contributed by atoms with Gasteiger partial charge in [0.2, 0.25) is 11.6 Å². The monoisotopic (exact) mass is 848 g/mol. The molecule has 0 fully saturated rings. The van der Waals surface area contributed by atoms with Crippen LogP contribution in [0.25, 0.3) is 55.0 Å². The van der Waals surface area contributed by atoms with Gasteiger partial charge < -0.3 is 18.6 Å². The number of halogens is 10. The van der Waals surface area contributed by atoms with Crippen LogP contribution in [0, 0.1) is 58.2 Å². The molecule has 306 valence electrons. The molecule has 0 unspecified atom stereocenters. The molecule has 10 aromatic rings. The van der Waals surface area contributed by atoms with Gasteiger partial charge in [-0.15, -0.1) is 0 Å². The third kappa shape index (κ3) is 5.77. The van der Waals surface area contributed by atoms with Gasteiger partial charge in [0.15, 0.2) is 57.7 Å². The topological polar surface area (TPSA) is 32.8 Å². The zero-order chi connectivity index (χ0) is 43.1. The van der Waals surface area contributed by atoms with Gasteiger partial charge in [-0.25, -0.2) is 43.9 Å². The van der Waals surface area contributed by atoms with Crippen molar-refractivity contribution in [1.29, 1.82) is 0 Å². The van der Waals surface area contributed by atoms with E-state index < -0.39 is 69.5 Å². The quantitative estimate of drug-likeness (QED) is 0.0909. The molecule has 0 aliphatic heterocycles. The van der Waals surface area contributed by atoms with Gasteiger partial charge in [0, 0.05) is 32.9 Å². The molecule has 0 saturated heterocycles. The van der Waals surface area contributed by atoms with Crippen LogP contribution >= 0.6 is 0 Å². The van der Waals surface area contributed by atoms with Crippen LogP contribution in [0.2, 0.25) is 0 Å². The minimum atomic E-state index is -2.34. The van der Waals surface area contributed by atoms with E-state index in [1.54, 1.807) is 72.8 Å². The molecule has 62 heavy (non-hydrogen) atoms. The maximum absolute atomic E-state index is 15.7. The molecule has 0 amide bonds. The molecule has 0 radical (unpaired) electrons. The lowest BCUT2D eigenvalue weighted by molar-refractivity contribution is 0.380. The maximum Gasteiger partial charge on any atom is 0.200 e. The van der Waals surface area contributed by atoms with Gasteiger partial charge in [0.05, 0.1) is 11.4 Å². The highest BCUT2D eigenvalue weighted by Gasteiger charge is 2.34. The van der Waals surface area contributed by atoms with Crippen LogP contribution in [-0.2, 0) is 0 Å². The van der Waals surface area contributed by atoms with E-state index in [0.29, 0.717) is 43.8 Å². The summed E-state index contributed by atoms with van der Waals surface area (Å²) in [7, 11) is 0. The zero-order valence-electron chi connectivity index (χ0n) is 31.2. The van der Waals surface area contributed by atoms with Crippen molar-refractivity contribution < 1.29 is 52.7 Å².